The normalized spacial score (nSPS) is 9.73. The fourth-order valence-corrected chi connectivity index (χ4v) is 1.34. The van der Waals surface area contributed by atoms with Crippen LogP contribution in [0.15, 0.2) is 24.3 Å². The molecule has 0 atom stereocenters. The zero-order valence-electron chi connectivity index (χ0n) is 8.69. The molecule has 1 N–H and O–H groups in total. The highest BCUT2D eigenvalue weighted by Crippen LogP contribution is 2.10. The number of thiol groups is 1. The number of amides is 1. The maximum Gasteiger partial charge on any atom is 0.221 e. The third kappa shape index (κ3) is 4.25. The van der Waals surface area contributed by atoms with Crippen LogP contribution in [0.25, 0.3) is 0 Å². The molecular weight excluding hydrogens is 210 g/mol. The highest BCUT2D eigenvalue weighted by molar-refractivity contribution is 7.80. The molecule has 0 aliphatic carbocycles. The lowest BCUT2D eigenvalue weighted by Gasteiger charge is -2.05. The quantitative estimate of drug-likeness (QED) is 0.748. The maximum absolute atomic E-state index is 11.2. The van der Waals surface area contributed by atoms with Gasteiger partial charge in [-0.25, -0.2) is 0 Å². The van der Waals surface area contributed by atoms with Gasteiger partial charge in [0.05, 0.1) is 7.11 Å². The van der Waals surface area contributed by atoms with Crippen LogP contribution in [0.4, 0.5) is 0 Å². The van der Waals surface area contributed by atoms with E-state index >= 15 is 0 Å². The van der Waals surface area contributed by atoms with E-state index in [1.807, 2.05) is 24.3 Å². The number of ether oxygens (including phenoxy) is 1. The van der Waals surface area contributed by atoms with Crippen molar-refractivity contribution in [3.8, 4) is 5.75 Å². The van der Waals surface area contributed by atoms with Crippen LogP contribution in [-0.4, -0.2) is 18.8 Å². The Hall–Kier alpha value is -1.16. The van der Waals surface area contributed by atoms with Crippen LogP contribution in [0.3, 0.4) is 0 Å². The Morgan fingerprint density at radius 3 is 2.60 bits per heavy atom. The van der Waals surface area contributed by atoms with Crippen molar-refractivity contribution in [1.82, 2.24) is 5.32 Å². The minimum Gasteiger partial charge on any atom is -0.497 e. The van der Waals surface area contributed by atoms with Crippen molar-refractivity contribution in [1.29, 1.82) is 0 Å². The number of rotatable bonds is 5. The van der Waals surface area contributed by atoms with E-state index in [1.54, 1.807) is 7.11 Å². The molecule has 0 radical (unpaired) electrons. The van der Waals surface area contributed by atoms with Gasteiger partial charge in [-0.1, -0.05) is 12.1 Å². The van der Waals surface area contributed by atoms with Crippen molar-refractivity contribution in [2.75, 3.05) is 12.9 Å². The van der Waals surface area contributed by atoms with Gasteiger partial charge < -0.3 is 10.1 Å². The summed E-state index contributed by atoms with van der Waals surface area (Å²) in [4.78, 5) is 11.2. The summed E-state index contributed by atoms with van der Waals surface area (Å²) in [7, 11) is 1.63. The van der Waals surface area contributed by atoms with Gasteiger partial charge in [0.2, 0.25) is 5.91 Å². The Balaban J connectivity index is 2.40. The van der Waals surface area contributed by atoms with Gasteiger partial charge in [-0.15, -0.1) is 0 Å². The molecule has 3 nitrogen and oxygen atoms in total. The van der Waals surface area contributed by atoms with Gasteiger partial charge in [0.15, 0.2) is 0 Å². The average molecular weight is 225 g/mol. The molecule has 0 aliphatic heterocycles. The molecule has 1 aromatic rings. The molecule has 1 rings (SSSR count). The SMILES string of the molecule is COc1ccc(CNC(=O)CCS)cc1. The molecule has 0 aromatic heterocycles. The van der Waals surface area contributed by atoms with Gasteiger partial charge >= 0.3 is 0 Å². The van der Waals surface area contributed by atoms with Crippen LogP contribution < -0.4 is 10.1 Å². The zero-order chi connectivity index (χ0) is 11.1. The number of benzene rings is 1. The molecule has 4 heteroatoms. The minimum atomic E-state index is 0.0285. The second-order valence-corrected chi connectivity index (χ2v) is 3.55. The van der Waals surface area contributed by atoms with Gasteiger partial charge in [-0.2, -0.15) is 12.6 Å². The summed E-state index contributed by atoms with van der Waals surface area (Å²) in [6, 6.07) is 7.61. The summed E-state index contributed by atoms with van der Waals surface area (Å²) in [5.41, 5.74) is 1.06. The molecule has 0 heterocycles. The Morgan fingerprint density at radius 2 is 2.07 bits per heavy atom. The summed E-state index contributed by atoms with van der Waals surface area (Å²) in [5.74, 6) is 1.43. The van der Waals surface area contributed by atoms with E-state index in [0.29, 0.717) is 18.7 Å². The van der Waals surface area contributed by atoms with E-state index in [0.717, 1.165) is 11.3 Å². The van der Waals surface area contributed by atoms with Gasteiger partial charge in [-0.3, -0.25) is 4.79 Å². The van der Waals surface area contributed by atoms with Crippen LogP contribution in [0.5, 0.6) is 5.75 Å². The molecule has 1 amide bonds. The summed E-state index contributed by atoms with van der Waals surface area (Å²) < 4.78 is 5.04. The lowest BCUT2D eigenvalue weighted by Crippen LogP contribution is -2.22. The van der Waals surface area contributed by atoms with Crippen LogP contribution in [-0.2, 0) is 11.3 Å². The summed E-state index contributed by atoms with van der Waals surface area (Å²) in [6.45, 7) is 0.552. The third-order valence-electron chi connectivity index (χ3n) is 1.99. The molecule has 0 spiro atoms. The van der Waals surface area contributed by atoms with Gasteiger partial charge in [0.1, 0.15) is 5.75 Å². The molecule has 0 aliphatic rings. The monoisotopic (exact) mass is 225 g/mol. The molecule has 15 heavy (non-hydrogen) atoms. The van der Waals surface area contributed by atoms with Crippen molar-refractivity contribution in [2.24, 2.45) is 0 Å². The van der Waals surface area contributed by atoms with Crippen molar-refractivity contribution in [3.05, 3.63) is 29.8 Å². The van der Waals surface area contributed by atoms with Crippen LogP contribution in [0, 0.1) is 0 Å². The van der Waals surface area contributed by atoms with Crippen LogP contribution in [0.1, 0.15) is 12.0 Å². The summed E-state index contributed by atoms with van der Waals surface area (Å²) in [6.07, 6.45) is 0.458. The Labute approximate surface area is 95.2 Å². The highest BCUT2D eigenvalue weighted by atomic mass is 32.1. The van der Waals surface area contributed by atoms with Gasteiger partial charge in [0, 0.05) is 13.0 Å². The van der Waals surface area contributed by atoms with E-state index in [2.05, 4.69) is 17.9 Å². The number of hydrogen-bond donors (Lipinski definition) is 2. The van der Waals surface area contributed by atoms with E-state index in [9.17, 15) is 4.79 Å². The van der Waals surface area contributed by atoms with Crippen molar-refractivity contribution in [3.63, 3.8) is 0 Å². The molecule has 1 aromatic carbocycles. The number of methoxy groups -OCH3 is 1. The first-order chi connectivity index (χ1) is 7.26. The topological polar surface area (TPSA) is 38.3 Å². The van der Waals surface area contributed by atoms with E-state index in [1.165, 1.54) is 0 Å². The molecule has 0 fully saturated rings. The average Bonchev–Trinajstić information content (AvgIpc) is 2.27. The van der Waals surface area contributed by atoms with Gasteiger partial charge in [0.25, 0.3) is 0 Å². The first kappa shape index (κ1) is 11.9. The lowest BCUT2D eigenvalue weighted by molar-refractivity contribution is -0.120. The zero-order valence-corrected chi connectivity index (χ0v) is 9.59. The second kappa shape index (κ2) is 6.35. The lowest BCUT2D eigenvalue weighted by atomic mass is 10.2. The largest absolute Gasteiger partial charge is 0.497 e. The molecule has 0 bridgehead atoms. The van der Waals surface area contributed by atoms with Crippen LogP contribution >= 0.6 is 12.6 Å². The second-order valence-electron chi connectivity index (χ2n) is 3.10. The standard InChI is InChI=1S/C11H15NO2S/c1-14-10-4-2-9(3-5-10)8-12-11(13)6-7-15/h2-5,15H,6-8H2,1H3,(H,12,13). The maximum atomic E-state index is 11.2. The first-order valence-corrected chi connectivity index (χ1v) is 5.40. The Bertz CT molecular complexity index is 311. The van der Waals surface area contributed by atoms with Crippen molar-refractivity contribution >= 4 is 18.5 Å². The van der Waals surface area contributed by atoms with Crippen LogP contribution in [0.2, 0.25) is 0 Å². The van der Waals surface area contributed by atoms with Crippen molar-refractivity contribution in [2.45, 2.75) is 13.0 Å². The number of carbonyl (C=O) groups excluding carboxylic acids is 1. The minimum absolute atomic E-state index is 0.0285. The molecule has 0 saturated heterocycles. The van der Waals surface area contributed by atoms with Crippen molar-refractivity contribution < 1.29 is 9.53 Å². The fourth-order valence-electron chi connectivity index (χ4n) is 1.13. The highest BCUT2D eigenvalue weighted by Gasteiger charge is 1.99. The molecule has 0 saturated carbocycles. The number of nitrogens with one attached hydrogen (secondary N) is 1. The summed E-state index contributed by atoms with van der Waals surface area (Å²) in [5, 5.41) is 2.81. The summed E-state index contributed by atoms with van der Waals surface area (Å²) >= 11 is 3.99. The first-order valence-electron chi connectivity index (χ1n) is 4.76. The van der Waals surface area contributed by atoms with Gasteiger partial charge in [-0.05, 0) is 23.4 Å². The molecule has 0 unspecified atom stereocenters. The third-order valence-corrected chi connectivity index (χ3v) is 2.21. The van der Waals surface area contributed by atoms with E-state index in [-0.39, 0.29) is 5.91 Å². The Morgan fingerprint density at radius 1 is 1.40 bits per heavy atom. The Kier molecular flexibility index (Phi) is 5.04. The predicted octanol–water partition coefficient (Wildman–Crippen LogP) is 1.63. The number of carbonyl (C=O) groups is 1. The van der Waals surface area contributed by atoms with E-state index < -0.39 is 0 Å². The molecular formula is C11H15NO2S. The van der Waals surface area contributed by atoms with E-state index in [4.69, 9.17) is 4.74 Å². The predicted molar refractivity (Wildman–Crippen MR) is 63.3 cm³/mol. The smallest absolute Gasteiger partial charge is 0.221 e. The molecule has 82 valence electrons. The number of hydrogen-bond acceptors (Lipinski definition) is 3. The fraction of sp³-hybridized carbons (Fsp3) is 0.364.